The highest BCUT2D eigenvalue weighted by molar-refractivity contribution is 5.13. The fourth-order valence-corrected chi connectivity index (χ4v) is 3.67. The number of ether oxygens (including phenoxy) is 1. The normalized spacial score (nSPS) is 33.6. The van der Waals surface area contributed by atoms with Crippen LogP contribution in [0.4, 0.5) is 0 Å². The van der Waals surface area contributed by atoms with Gasteiger partial charge < -0.3 is 10.1 Å². The zero-order valence-corrected chi connectivity index (χ0v) is 11.2. The van der Waals surface area contributed by atoms with Gasteiger partial charge in [-0.3, -0.25) is 4.98 Å². The standard InChI is InChI=1S/C15H22N2O/c1-15(2)13(12-6-4-8-18-14(12)15)17-10-11-5-3-7-16-9-11/h3,5,7,9,12-14,17H,4,6,8,10H2,1-2H3. The number of fused-ring (bicyclic) bond motifs is 1. The predicted octanol–water partition coefficient (Wildman–Crippen LogP) is 2.37. The van der Waals surface area contributed by atoms with Crippen LogP contribution < -0.4 is 5.32 Å². The fraction of sp³-hybridized carbons (Fsp3) is 0.667. The van der Waals surface area contributed by atoms with Crippen molar-refractivity contribution in [1.82, 2.24) is 10.3 Å². The van der Waals surface area contributed by atoms with Crippen LogP contribution in [0.25, 0.3) is 0 Å². The maximum atomic E-state index is 5.92. The van der Waals surface area contributed by atoms with Crippen LogP contribution in [0.3, 0.4) is 0 Å². The Morgan fingerprint density at radius 1 is 1.50 bits per heavy atom. The van der Waals surface area contributed by atoms with Gasteiger partial charge in [-0.2, -0.15) is 0 Å². The van der Waals surface area contributed by atoms with E-state index in [1.54, 1.807) is 0 Å². The van der Waals surface area contributed by atoms with Crippen molar-refractivity contribution < 1.29 is 4.74 Å². The first-order valence-electron chi connectivity index (χ1n) is 6.93. The number of pyridine rings is 1. The molecule has 3 heteroatoms. The maximum absolute atomic E-state index is 5.92. The molecule has 2 fully saturated rings. The van der Waals surface area contributed by atoms with Crippen LogP contribution in [-0.2, 0) is 11.3 Å². The van der Waals surface area contributed by atoms with Crippen molar-refractivity contribution in [3.05, 3.63) is 30.1 Å². The Kier molecular flexibility index (Phi) is 3.12. The molecular weight excluding hydrogens is 224 g/mol. The molecule has 0 spiro atoms. The van der Waals surface area contributed by atoms with Crippen molar-refractivity contribution in [2.24, 2.45) is 11.3 Å². The Balaban J connectivity index is 1.62. The number of nitrogens with zero attached hydrogens (tertiary/aromatic N) is 1. The van der Waals surface area contributed by atoms with Gasteiger partial charge in [0.15, 0.2) is 0 Å². The van der Waals surface area contributed by atoms with E-state index >= 15 is 0 Å². The third kappa shape index (κ3) is 1.95. The van der Waals surface area contributed by atoms with E-state index in [1.165, 1.54) is 18.4 Å². The van der Waals surface area contributed by atoms with Crippen molar-refractivity contribution >= 4 is 0 Å². The second-order valence-corrected chi connectivity index (χ2v) is 6.14. The molecule has 98 valence electrons. The Morgan fingerprint density at radius 2 is 2.39 bits per heavy atom. The van der Waals surface area contributed by atoms with E-state index in [9.17, 15) is 0 Å². The molecule has 1 saturated heterocycles. The highest BCUT2D eigenvalue weighted by atomic mass is 16.5. The smallest absolute Gasteiger partial charge is 0.0684 e. The second kappa shape index (κ2) is 4.63. The molecule has 3 atom stereocenters. The van der Waals surface area contributed by atoms with Gasteiger partial charge in [-0.05, 0) is 24.5 Å². The Bertz CT molecular complexity index is 404. The Morgan fingerprint density at radius 3 is 3.17 bits per heavy atom. The molecule has 1 aliphatic heterocycles. The molecule has 1 aliphatic carbocycles. The van der Waals surface area contributed by atoms with Crippen molar-refractivity contribution in [2.75, 3.05) is 6.61 Å². The average molecular weight is 246 g/mol. The molecule has 1 saturated carbocycles. The molecule has 3 unspecified atom stereocenters. The lowest BCUT2D eigenvalue weighted by Crippen LogP contribution is -2.69. The molecule has 3 nitrogen and oxygen atoms in total. The van der Waals surface area contributed by atoms with Crippen molar-refractivity contribution in [1.29, 1.82) is 0 Å². The predicted molar refractivity (Wildman–Crippen MR) is 71.1 cm³/mol. The molecule has 1 aromatic rings. The number of rotatable bonds is 3. The first kappa shape index (κ1) is 12.1. The molecule has 0 radical (unpaired) electrons. The number of aromatic nitrogens is 1. The minimum Gasteiger partial charge on any atom is -0.377 e. The van der Waals surface area contributed by atoms with E-state index in [-0.39, 0.29) is 5.41 Å². The van der Waals surface area contributed by atoms with Gasteiger partial charge in [0, 0.05) is 42.9 Å². The first-order chi connectivity index (χ1) is 8.69. The third-order valence-electron chi connectivity index (χ3n) is 4.58. The average Bonchev–Trinajstić information content (AvgIpc) is 2.40. The highest BCUT2D eigenvalue weighted by Gasteiger charge is 2.57. The van der Waals surface area contributed by atoms with E-state index in [0.29, 0.717) is 18.1 Å². The largest absolute Gasteiger partial charge is 0.377 e. The second-order valence-electron chi connectivity index (χ2n) is 6.14. The molecule has 2 heterocycles. The number of nitrogens with one attached hydrogen (secondary N) is 1. The van der Waals surface area contributed by atoms with Crippen LogP contribution >= 0.6 is 0 Å². The molecular formula is C15H22N2O. The first-order valence-corrected chi connectivity index (χ1v) is 6.93. The van der Waals surface area contributed by atoms with Crippen LogP contribution in [0.15, 0.2) is 24.5 Å². The SMILES string of the molecule is CC1(C)C(NCc2cccnc2)C2CCCOC21. The van der Waals surface area contributed by atoms with Crippen LogP contribution in [0.2, 0.25) is 0 Å². The van der Waals surface area contributed by atoms with Gasteiger partial charge in [-0.15, -0.1) is 0 Å². The summed E-state index contributed by atoms with van der Waals surface area (Å²) in [6.07, 6.45) is 6.73. The van der Waals surface area contributed by atoms with Gasteiger partial charge in [0.2, 0.25) is 0 Å². The van der Waals surface area contributed by atoms with Crippen LogP contribution in [0.5, 0.6) is 0 Å². The molecule has 0 aromatic carbocycles. The van der Waals surface area contributed by atoms with E-state index in [4.69, 9.17) is 4.74 Å². The van der Waals surface area contributed by atoms with E-state index in [0.717, 1.165) is 13.2 Å². The molecule has 0 bridgehead atoms. The van der Waals surface area contributed by atoms with E-state index in [2.05, 4.69) is 30.2 Å². The number of hydrogen-bond acceptors (Lipinski definition) is 3. The van der Waals surface area contributed by atoms with Gasteiger partial charge in [0.25, 0.3) is 0 Å². The van der Waals surface area contributed by atoms with Gasteiger partial charge in [0.1, 0.15) is 0 Å². The summed E-state index contributed by atoms with van der Waals surface area (Å²) in [5, 5.41) is 3.70. The molecule has 2 aliphatic rings. The molecule has 1 N–H and O–H groups in total. The minimum atomic E-state index is 0.257. The zero-order valence-electron chi connectivity index (χ0n) is 11.2. The quantitative estimate of drug-likeness (QED) is 0.889. The summed E-state index contributed by atoms with van der Waals surface area (Å²) < 4.78 is 5.92. The lowest BCUT2D eigenvalue weighted by atomic mass is 9.55. The van der Waals surface area contributed by atoms with Crippen LogP contribution in [0, 0.1) is 11.3 Å². The Hall–Kier alpha value is -0.930. The lowest BCUT2D eigenvalue weighted by molar-refractivity contribution is -0.192. The van der Waals surface area contributed by atoms with Crippen molar-refractivity contribution in [3.8, 4) is 0 Å². The molecule has 0 amide bonds. The maximum Gasteiger partial charge on any atom is 0.0684 e. The summed E-state index contributed by atoms with van der Waals surface area (Å²) in [6.45, 7) is 6.49. The van der Waals surface area contributed by atoms with Gasteiger partial charge >= 0.3 is 0 Å². The van der Waals surface area contributed by atoms with Gasteiger partial charge in [-0.1, -0.05) is 19.9 Å². The monoisotopic (exact) mass is 246 g/mol. The zero-order chi connectivity index (χ0) is 12.6. The fourth-order valence-electron chi connectivity index (χ4n) is 3.67. The van der Waals surface area contributed by atoms with E-state index < -0.39 is 0 Å². The minimum absolute atomic E-state index is 0.257. The summed E-state index contributed by atoms with van der Waals surface area (Å²) in [5.41, 5.74) is 1.52. The summed E-state index contributed by atoms with van der Waals surface area (Å²) >= 11 is 0. The molecule has 1 aromatic heterocycles. The van der Waals surface area contributed by atoms with Crippen LogP contribution in [-0.4, -0.2) is 23.7 Å². The summed E-state index contributed by atoms with van der Waals surface area (Å²) in [5.74, 6) is 0.699. The molecule has 3 rings (SSSR count). The van der Waals surface area contributed by atoms with Gasteiger partial charge in [0.05, 0.1) is 6.10 Å². The Labute approximate surface area is 109 Å². The number of hydrogen-bond donors (Lipinski definition) is 1. The summed E-state index contributed by atoms with van der Waals surface area (Å²) in [7, 11) is 0. The molecule has 18 heavy (non-hydrogen) atoms. The summed E-state index contributed by atoms with van der Waals surface area (Å²) in [4.78, 5) is 4.16. The van der Waals surface area contributed by atoms with E-state index in [1.807, 2.05) is 18.5 Å². The topological polar surface area (TPSA) is 34.2 Å². The van der Waals surface area contributed by atoms with Gasteiger partial charge in [-0.25, -0.2) is 0 Å². The van der Waals surface area contributed by atoms with Crippen molar-refractivity contribution in [3.63, 3.8) is 0 Å². The lowest BCUT2D eigenvalue weighted by Gasteiger charge is -2.60. The van der Waals surface area contributed by atoms with Crippen LogP contribution in [0.1, 0.15) is 32.3 Å². The van der Waals surface area contributed by atoms with Crippen molar-refractivity contribution in [2.45, 2.75) is 45.4 Å². The third-order valence-corrected chi connectivity index (χ3v) is 4.58. The summed E-state index contributed by atoms with van der Waals surface area (Å²) in [6, 6.07) is 4.69. The highest BCUT2D eigenvalue weighted by Crippen LogP contribution is 2.51.